The molecule has 1 aliphatic heterocycles. The largest absolute Gasteiger partial charge is 0.444 e. The van der Waals surface area contributed by atoms with Gasteiger partial charge in [-0.2, -0.15) is 0 Å². The number of aromatic amines is 1. The minimum atomic E-state index is -0.572. The third-order valence-corrected chi connectivity index (χ3v) is 3.13. The lowest BCUT2D eigenvalue weighted by Crippen LogP contribution is -2.56. The Bertz CT molecular complexity index is 438. The summed E-state index contributed by atoms with van der Waals surface area (Å²) in [6.07, 6.45) is 2.99. The molecule has 0 radical (unpaired) electrons. The van der Waals surface area contributed by atoms with Crippen molar-refractivity contribution in [1.29, 1.82) is 0 Å². The van der Waals surface area contributed by atoms with Crippen LogP contribution < -0.4 is 0 Å². The number of carbonyl (C=O) groups excluding carboxylic acids is 1. The third-order valence-electron chi connectivity index (χ3n) is 3.13. The lowest BCUT2D eigenvalue weighted by atomic mass is 9.96. The van der Waals surface area contributed by atoms with Crippen molar-refractivity contribution < 1.29 is 14.3 Å². The second-order valence-corrected chi connectivity index (χ2v) is 5.92. The number of hydrogen-bond donors (Lipinski definition) is 1. The van der Waals surface area contributed by atoms with Gasteiger partial charge >= 0.3 is 6.09 Å². The van der Waals surface area contributed by atoms with Crippen molar-refractivity contribution in [1.82, 2.24) is 14.9 Å². The highest BCUT2D eigenvalue weighted by Crippen LogP contribution is 2.31. The van der Waals surface area contributed by atoms with E-state index in [1.54, 1.807) is 17.4 Å². The molecule has 0 aliphatic carbocycles. The number of imidazole rings is 1. The Morgan fingerprint density at radius 2 is 2.32 bits per heavy atom. The third kappa shape index (κ3) is 2.89. The molecule has 6 heteroatoms. The molecule has 1 aliphatic rings. The summed E-state index contributed by atoms with van der Waals surface area (Å²) >= 11 is 0. The molecule has 1 saturated heterocycles. The zero-order valence-electron chi connectivity index (χ0n) is 11.9. The molecule has 19 heavy (non-hydrogen) atoms. The number of amides is 1. The summed E-state index contributed by atoms with van der Waals surface area (Å²) in [5, 5.41) is 0. The minimum absolute atomic E-state index is 0.326. The minimum Gasteiger partial charge on any atom is -0.444 e. The Kier molecular flexibility index (Phi) is 3.54. The van der Waals surface area contributed by atoms with Gasteiger partial charge in [-0.3, -0.25) is 4.90 Å². The fourth-order valence-electron chi connectivity index (χ4n) is 2.13. The smallest absolute Gasteiger partial charge is 0.411 e. The maximum Gasteiger partial charge on any atom is 0.411 e. The molecule has 1 aromatic rings. The van der Waals surface area contributed by atoms with E-state index in [-0.39, 0.29) is 6.09 Å². The lowest BCUT2D eigenvalue weighted by Gasteiger charge is -2.43. The van der Waals surface area contributed by atoms with Gasteiger partial charge < -0.3 is 14.5 Å². The normalized spacial score (nSPS) is 24.3. The van der Waals surface area contributed by atoms with Crippen molar-refractivity contribution in [2.24, 2.45) is 0 Å². The van der Waals surface area contributed by atoms with Crippen LogP contribution in [0.4, 0.5) is 4.79 Å². The number of ether oxygens (including phenoxy) is 2. The Morgan fingerprint density at radius 1 is 1.58 bits per heavy atom. The van der Waals surface area contributed by atoms with Crippen molar-refractivity contribution >= 4 is 6.09 Å². The molecule has 0 aromatic carbocycles. The first kappa shape index (κ1) is 13.9. The summed E-state index contributed by atoms with van der Waals surface area (Å²) in [5.74, 6) is 0. The van der Waals surface area contributed by atoms with Crippen LogP contribution in [0.5, 0.6) is 0 Å². The van der Waals surface area contributed by atoms with Gasteiger partial charge in [-0.25, -0.2) is 9.78 Å². The molecule has 106 valence electrons. The number of hydrogen-bond acceptors (Lipinski definition) is 4. The Morgan fingerprint density at radius 3 is 2.89 bits per heavy atom. The van der Waals surface area contributed by atoms with Gasteiger partial charge in [0.2, 0.25) is 0 Å². The van der Waals surface area contributed by atoms with Crippen molar-refractivity contribution in [2.75, 3.05) is 19.8 Å². The average Bonchev–Trinajstić information content (AvgIpc) is 2.80. The molecule has 1 N–H and O–H groups in total. The van der Waals surface area contributed by atoms with Crippen molar-refractivity contribution in [2.45, 2.75) is 38.8 Å². The monoisotopic (exact) mass is 267 g/mol. The highest BCUT2D eigenvalue weighted by atomic mass is 16.6. The zero-order chi connectivity index (χ0) is 14.1. The van der Waals surface area contributed by atoms with E-state index in [2.05, 4.69) is 9.97 Å². The summed E-state index contributed by atoms with van der Waals surface area (Å²) in [6.45, 7) is 8.97. The van der Waals surface area contributed by atoms with Gasteiger partial charge in [0.05, 0.1) is 31.4 Å². The molecule has 6 nitrogen and oxygen atoms in total. The van der Waals surface area contributed by atoms with Crippen molar-refractivity contribution in [3.63, 3.8) is 0 Å². The molecule has 1 amide bonds. The zero-order valence-corrected chi connectivity index (χ0v) is 11.9. The standard InChI is InChI=1S/C13H21N3O3/c1-12(2,3)19-11(17)16-5-6-18-8-13(16,4)10-7-14-9-15-10/h7,9H,5-6,8H2,1-4H3,(H,14,15). The first-order chi connectivity index (χ1) is 8.83. The van der Waals surface area contributed by atoms with E-state index in [1.165, 1.54) is 0 Å². The molecule has 1 aromatic heterocycles. The number of carbonyl (C=O) groups is 1. The van der Waals surface area contributed by atoms with Crippen molar-refractivity contribution in [3.05, 3.63) is 18.2 Å². The number of aromatic nitrogens is 2. The fourth-order valence-corrected chi connectivity index (χ4v) is 2.13. The molecule has 0 spiro atoms. The van der Waals surface area contributed by atoms with Gasteiger partial charge in [0.1, 0.15) is 11.1 Å². The second-order valence-electron chi connectivity index (χ2n) is 5.92. The van der Waals surface area contributed by atoms with Gasteiger partial charge in [0.15, 0.2) is 0 Å². The van der Waals surface area contributed by atoms with Crippen LogP contribution >= 0.6 is 0 Å². The maximum absolute atomic E-state index is 12.3. The van der Waals surface area contributed by atoms with Crippen LogP contribution in [0.3, 0.4) is 0 Å². The predicted octanol–water partition coefficient (Wildman–Crippen LogP) is 1.89. The SMILES string of the molecule is CC(C)(C)OC(=O)N1CCOCC1(C)c1cnc[nH]1. The maximum atomic E-state index is 12.3. The van der Waals surface area contributed by atoms with Crippen LogP contribution in [-0.4, -0.2) is 46.3 Å². The van der Waals surface area contributed by atoms with Gasteiger partial charge in [-0.15, -0.1) is 0 Å². The molecule has 1 unspecified atom stereocenters. The Labute approximate surface area is 113 Å². The van der Waals surface area contributed by atoms with Gasteiger partial charge in [-0.1, -0.05) is 0 Å². The van der Waals surface area contributed by atoms with E-state index in [4.69, 9.17) is 9.47 Å². The summed E-state index contributed by atoms with van der Waals surface area (Å²) in [5.41, 5.74) is -0.237. The van der Waals surface area contributed by atoms with E-state index < -0.39 is 11.1 Å². The van der Waals surface area contributed by atoms with E-state index >= 15 is 0 Å². The highest BCUT2D eigenvalue weighted by molar-refractivity contribution is 5.69. The van der Waals surface area contributed by atoms with Gasteiger partial charge in [0.25, 0.3) is 0 Å². The molecular formula is C13H21N3O3. The number of rotatable bonds is 1. The highest BCUT2D eigenvalue weighted by Gasteiger charge is 2.42. The number of nitrogens with one attached hydrogen (secondary N) is 1. The van der Waals surface area contributed by atoms with Crippen LogP contribution in [0.25, 0.3) is 0 Å². The topological polar surface area (TPSA) is 67.4 Å². The van der Waals surface area contributed by atoms with Crippen LogP contribution in [0, 0.1) is 0 Å². The molecule has 2 heterocycles. The van der Waals surface area contributed by atoms with Crippen LogP contribution in [-0.2, 0) is 15.0 Å². The van der Waals surface area contributed by atoms with Crippen LogP contribution in [0.2, 0.25) is 0 Å². The van der Waals surface area contributed by atoms with Gasteiger partial charge in [0, 0.05) is 6.54 Å². The second kappa shape index (κ2) is 4.85. The number of H-pyrrole nitrogens is 1. The molecule has 1 fully saturated rings. The van der Waals surface area contributed by atoms with Crippen LogP contribution in [0.15, 0.2) is 12.5 Å². The van der Waals surface area contributed by atoms with Crippen molar-refractivity contribution in [3.8, 4) is 0 Å². The van der Waals surface area contributed by atoms with E-state index in [0.717, 1.165) is 5.69 Å². The lowest BCUT2D eigenvalue weighted by molar-refractivity contribution is -0.0726. The van der Waals surface area contributed by atoms with E-state index in [1.807, 2.05) is 27.7 Å². The molecular weight excluding hydrogens is 246 g/mol. The summed E-state index contributed by atoms with van der Waals surface area (Å²) in [6, 6.07) is 0. The van der Waals surface area contributed by atoms with Gasteiger partial charge in [-0.05, 0) is 27.7 Å². The molecule has 0 saturated carbocycles. The molecule has 1 atom stereocenters. The summed E-state index contributed by atoms with van der Waals surface area (Å²) in [4.78, 5) is 21.1. The Balaban J connectivity index is 2.23. The molecule has 0 bridgehead atoms. The first-order valence-electron chi connectivity index (χ1n) is 6.40. The first-order valence-corrected chi connectivity index (χ1v) is 6.40. The Hall–Kier alpha value is -1.56. The van der Waals surface area contributed by atoms with E-state index in [0.29, 0.717) is 19.8 Å². The number of nitrogens with zero attached hydrogens (tertiary/aromatic N) is 2. The number of morpholine rings is 1. The predicted molar refractivity (Wildman–Crippen MR) is 69.7 cm³/mol. The van der Waals surface area contributed by atoms with E-state index in [9.17, 15) is 4.79 Å². The average molecular weight is 267 g/mol. The fraction of sp³-hybridized carbons (Fsp3) is 0.692. The quantitative estimate of drug-likeness (QED) is 0.843. The molecule has 2 rings (SSSR count). The summed E-state index contributed by atoms with van der Waals surface area (Å²) in [7, 11) is 0. The van der Waals surface area contributed by atoms with Crippen LogP contribution in [0.1, 0.15) is 33.4 Å². The summed E-state index contributed by atoms with van der Waals surface area (Å²) < 4.78 is 11.0.